The van der Waals surface area contributed by atoms with Gasteiger partial charge in [-0.2, -0.15) is 0 Å². The van der Waals surface area contributed by atoms with E-state index in [0.29, 0.717) is 12.8 Å². The second-order valence-corrected chi connectivity index (χ2v) is 5.87. The number of hydrogen-bond donors (Lipinski definition) is 0. The molecule has 1 aromatic rings. The van der Waals surface area contributed by atoms with Gasteiger partial charge in [-0.3, -0.25) is 0 Å². The summed E-state index contributed by atoms with van der Waals surface area (Å²) in [4.78, 5) is 11.0. The molecule has 0 spiro atoms. The molecule has 3 rings (SSSR count). The molecule has 1 saturated carbocycles. The molecule has 2 aliphatic rings. The van der Waals surface area contributed by atoms with E-state index < -0.39 is 52.6 Å². The zero-order chi connectivity index (χ0) is 17.6. The van der Waals surface area contributed by atoms with Crippen molar-refractivity contribution in [3.8, 4) is 0 Å². The number of hydrogen-bond acceptors (Lipinski definition) is 3. The second-order valence-electron chi connectivity index (χ2n) is 5.87. The summed E-state index contributed by atoms with van der Waals surface area (Å²) in [5, 5.41) is 0. The summed E-state index contributed by atoms with van der Waals surface area (Å²) >= 11 is 0. The molecule has 1 aliphatic carbocycles. The van der Waals surface area contributed by atoms with Gasteiger partial charge < -0.3 is 9.47 Å². The van der Waals surface area contributed by atoms with Crippen LogP contribution in [0.5, 0.6) is 0 Å². The minimum atomic E-state index is -2.20. The first-order valence-corrected chi connectivity index (χ1v) is 7.28. The highest BCUT2D eigenvalue weighted by Gasteiger charge is 2.49. The van der Waals surface area contributed by atoms with Crippen molar-refractivity contribution in [2.24, 2.45) is 11.8 Å². The maximum atomic E-state index is 14.1. The zero-order valence-corrected chi connectivity index (χ0v) is 12.5. The van der Waals surface area contributed by atoms with E-state index in [-0.39, 0.29) is 11.9 Å². The summed E-state index contributed by atoms with van der Waals surface area (Å²) in [5.41, 5.74) is -0.921. The Hall–Kier alpha value is -1.70. The number of rotatable bonds is 5. The molecule has 3 nitrogen and oxygen atoms in total. The molecule has 0 amide bonds. The topological polar surface area (TPSA) is 38.8 Å². The summed E-state index contributed by atoms with van der Waals surface area (Å²) in [6.07, 6.45) is 1.85. The number of methoxy groups -OCH3 is 1. The molecule has 4 unspecified atom stereocenters. The normalized spacial score (nSPS) is 27.2. The third-order valence-electron chi connectivity index (χ3n) is 4.49. The van der Waals surface area contributed by atoms with Crippen LogP contribution in [0.2, 0.25) is 0 Å². The van der Waals surface area contributed by atoms with Gasteiger partial charge in [-0.15, -0.1) is 0 Å². The van der Waals surface area contributed by atoms with Crippen LogP contribution in [-0.4, -0.2) is 19.2 Å². The lowest BCUT2D eigenvalue weighted by molar-refractivity contribution is -0.117. The summed E-state index contributed by atoms with van der Waals surface area (Å²) in [7, 11) is 1.22. The third-order valence-corrected chi connectivity index (χ3v) is 4.49. The molecule has 2 radical (unpaired) electrons. The van der Waals surface area contributed by atoms with Crippen LogP contribution in [-0.2, 0) is 14.3 Å². The molecule has 2 fully saturated rings. The predicted octanol–water partition coefficient (Wildman–Crippen LogP) is 3.43. The van der Waals surface area contributed by atoms with E-state index in [1.165, 1.54) is 7.11 Å². The smallest absolute Gasteiger partial charge is 0.348 e. The minimum absolute atomic E-state index is 0.239. The molecule has 8 heteroatoms. The largest absolute Gasteiger partial charge is 0.447 e. The molecule has 1 aromatic carbocycles. The Bertz CT molecular complexity index is 649. The van der Waals surface area contributed by atoms with Crippen LogP contribution in [0.15, 0.2) is 0 Å². The summed E-state index contributed by atoms with van der Waals surface area (Å²) in [5.74, 6) is -12.1. The Morgan fingerprint density at radius 1 is 1.12 bits per heavy atom. The van der Waals surface area contributed by atoms with E-state index in [2.05, 4.69) is 0 Å². The first-order valence-electron chi connectivity index (χ1n) is 7.28. The van der Waals surface area contributed by atoms with Gasteiger partial charge >= 0.3 is 5.97 Å². The molecule has 130 valence electrons. The Balaban J connectivity index is 1.93. The summed E-state index contributed by atoms with van der Waals surface area (Å²) < 4.78 is 77.9. The van der Waals surface area contributed by atoms with E-state index in [4.69, 9.17) is 9.47 Å². The number of epoxide rings is 1. The van der Waals surface area contributed by atoms with Gasteiger partial charge in [0.2, 0.25) is 11.9 Å². The average molecular weight is 348 g/mol. The monoisotopic (exact) mass is 348 g/mol. The molecule has 0 aromatic heterocycles. The molecule has 24 heavy (non-hydrogen) atoms. The van der Waals surface area contributed by atoms with E-state index in [1.807, 2.05) is 0 Å². The summed E-state index contributed by atoms with van der Waals surface area (Å²) in [6, 6.07) is 0. The molecular formula is C16H13F5O3. The molecule has 1 heterocycles. The molecule has 1 saturated heterocycles. The highest BCUT2D eigenvalue weighted by molar-refractivity contribution is 5.87. The van der Waals surface area contributed by atoms with Crippen LogP contribution in [0.1, 0.15) is 24.3 Å². The highest BCUT2D eigenvalue weighted by atomic mass is 19.2. The van der Waals surface area contributed by atoms with Crippen molar-refractivity contribution in [1.82, 2.24) is 0 Å². The van der Waals surface area contributed by atoms with Crippen LogP contribution in [0, 0.1) is 53.9 Å². The minimum Gasteiger partial charge on any atom is -0.447 e. The first-order chi connectivity index (χ1) is 11.4. The lowest BCUT2D eigenvalue weighted by Crippen LogP contribution is -2.19. The van der Waals surface area contributed by atoms with E-state index in [0.717, 1.165) is 6.61 Å². The maximum absolute atomic E-state index is 14.1. The number of carbonyl (C=O) groups is 1. The van der Waals surface area contributed by atoms with Crippen LogP contribution < -0.4 is 0 Å². The van der Waals surface area contributed by atoms with Gasteiger partial charge in [0.25, 0.3) is 0 Å². The van der Waals surface area contributed by atoms with Crippen molar-refractivity contribution in [3.63, 3.8) is 0 Å². The predicted molar refractivity (Wildman–Crippen MR) is 70.7 cm³/mol. The number of cyclic esters (lactones) is 1. The first kappa shape index (κ1) is 17.1. The van der Waals surface area contributed by atoms with Crippen LogP contribution in [0.25, 0.3) is 0 Å². The molecule has 1 aliphatic heterocycles. The van der Waals surface area contributed by atoms with E-state index in [9.17, 15) is 26.7 Å². The van der Waals surface area contributed by atoms with Gasteiger partial charge in [-0.05, 0) is 25.2 Å². The molecule has 4 atom stereocenters. The number of halogens is 5. The highest BCUT2D eigenvalue weighted by Crippen LogP contribution is 2.46. The number of carbonyl (C=O) groups excluding carboxylic acids is 1. The fourth-order valence-corrected chi connectivity index (χ4v) is 3.26. The number of benzene rings is 1. The van der Waals surface area contributed by atoms with Gasteiger partial charge in [-0.1, -0.05) is 0 Å². The lowest BCUT2D eigenvalue weighted by Gasteiger charge is -2.24. The lowest BCUT2D eigenvalue weighted by atomic mass is 9.83. The van der Waals surface area contributed by atoms with E-state index in [1.54, 1.807) is 6.42 Å². The Morgan fingerprint density at radius 3 is 2.17 bits per heavy atom. The van der Waals surface area contributed by atoms with Gasteiger partial charge in [0.1, 0.15) is 0 Å². The van der Waals surface area contributed by atoms with Crippen LogP contribution >= 0.6 is 0 Å². The van der Waals surface area contributed by atoms with Crippen molar-refractivity contribution in [3.05, 3.63) is 47.7 Å². The second kappa shape index (κ2) is 6.31. The molecule has 0 N–H and O–H groups in total. The SMILES string of the molecule is CO[CH]C(c1c(F)c(F)c(F)c(F)c1F)C1C[CH]C(C2OC2=O)C1. The van der Waals surface area contributed by atoms with Gasteiger partial charge in [0.05, 0.1) is 6.61 Å². The summed E-state index contributed by atoms with van der Waals surface area (Å²) in [6.45, 7) is 1.05. The molecular weight excluding hydrogens is 335 g/mol. The van der Waals surface area contributed by atoms with Crippen molar-refractivity contribution < 1.29 is 36.2 Å². The van der Waals surface area contributed by atoms with E-state index >= 15 is 0 Å². The van der Waals surface area contributed by atoms with Crippen LogP contribution in [0.4, 0.5) is 22.0 Å². The fourth-order valence-electron chi connectivity index (χ4n) is 3.26. The van der Waals surface area contributed by atoms with Gasteiger partial charge in [0, 0.05) is 24.5 Å². The zero-order valence-electron chi connectivity index (χ0n) is 12.5. The van der Waals surface area contributed by atoms with Gasteiger partial charge in [-0.25, -0.2) is 26.7 Å². The third kappa shape index (κ3) is 2.76. The van der Waals surface area contributed by atoms with Crippen molar-refractivity contribution >= 4 is 5.97 Å². The van der Waals surface area contributed by atoms with Crippen molar-refractivity contribution in [2.75, 3.05) is 7.11 Å². The fraction of sp³-hybridized carbons (Fsp3) is 0.438. The van der Waals surface area contributed by atoms with Crippen molar-refractivity contribution in [2.45, 2.75) is 24.9 Å². The standard InChI is InChI=1S/C16H13F5O3/c1-23-5-8(6-2-3-7(4-6)15-16(22)24-15)9-10(17)12(19)14(21)13(20)11(9)18/h3,5-8,15H,2,4H2,1H3. The van der Waals surface area contributed by atoms with Gasteiger partial charge in [0.15, 0.2) is 23.3 Å². The van der Waals surface area contributed by atoms with Crippen molar-refractivity contribution in [1.29, 1.82) is 0 Å². The Labute approximate surface area is 134 Å². The Kier molecular flexibility index (Phi) is 4.50. The number of ether oxygens (including phenoxy) is 2. The quantitative estimate of drug-likeness (QED) is 0.354. The molecule has 0 bridgehead atoms. The maximum Gasteiger partial charge on any atom is 0.348 e. The van der Waals surface area contributed by atoms with Crippen LogP contribution in [0.3, 0.4) is 0 Å². The Morgan fingerprint density at radius 2 is 1.67 bits per heavy atom. The average Bonchev–Trinajstić information content (AvgIpc) is 3.10.